The molecule has 0 unspecified atom stereocenters. The number of aliphatic hydroxyl groups is 1. The van der Waals surface area contributed by atoms with Crippen molar-refractivity contribution in [2.24, 2.45) is 0 Å². The van der Waals surface area contributed by atoms with Crippen molar-refractivity contribution in [1.82, 2.24) is 0 Å². The smallest absolute Gasteiger partial charge is 0.102 e. The normalized spacial score (nSPS) is 5.00. The molecular formula is C7H20BOY. The van der Waals surface area contributed by atoms with Crippen LogP contribution in [0, 0.1) is 0 Å². The van der Waals surface area contributed by atoms with Crippen LogP contribution >= 0.6 is 0 Å². The summed E-state index contributed by atoms with van der Waals surface area (Å²) in [4.78, 5) is 0. The molecule has 60 valence electrons. The molecule has 0 aliphatic heterocycles. The van der Waals surface area contributed by atoms with Gasteiger partial charge in [-0.2, -0.15) is 0 Å². The van der Waals surface area contributed by atoms with Gasteiger partial charge in [0.05, 0.1) is 0 Å². The number of unbranched alkanes of at least 4 members (excludes halogenated alkanes) is 1. The predicted octanol–water partition coefficient (Wildman–Crippen LogP) is 2.20. The van der Waals surface area contributed by atoms with E-state index in [1.807, 2.05) is 20.9 Å². The van der Waals surface area contributed by atoms with Crippen LogP contribution in [-0.4, -0.2) is 19.5 Å². The van der Waals surface area contributed by atoms with Crippen LogP contribution in [0.15, 0.2) is 0 Å². The van der Waals surface area contributed by atoms with Gasteiger partial charge in [-0.25, -0.2) is 0 Å². The Morgan fingerprint density at radius 3 is 1.10 bits per heavy atom. The Balaban J connectivity index is -0.0000000273. The van der Waals surface area contributed by atoms with Crippen LogP contribution in [-0.2, 0) is 32.7 Å². The van der Waals surface area contributed by atoms with Crippen molar-refractivity contribution in [2.75, 3.05) is 7.11 Å². The fourth-order valence-corrected chi connectivity index (χ4v) is 0. The molecule has 0 rings (SSSR count). The van der Waals surface area contributed by atoms with E-state index in [9.17, 15) is 0 Å². The third-order valence-corrected chi connectivity index (χ3v) is 0.500. The molecule has 0 aromatic heterocycles. The van der Waals surface area contributed by atoms with Gasteiger partial charge in [-0.1, -0.05) is 40.3 Å². The molecule has 0 saturated carbocycles. The number of hydrogen-bond acceptors (Lipinski definition) is 1. The Bertz CT molecular complexity index is 21.1. The summed E-state index contributed by atoms with van der Waals surface area (Å²) in [5.74, 6) is 0. The van der Waals surface area contributed by atoms with E-state index in [-0.39, 0.29) is 32.7 Å². The molecule has 0 spiro atoms. The first-order chi connectivity index (χ1) is 4.33. The Hall–Kier alpha value is 1.13. The van der Waals surface area contributed by atoms with Crippen LogP contribution < -0.4 is 0 Å². The van der Waals surface area contributed by atoms with Crippen LogP contribution in [0.1, 0.15) is 26.7 Å². The molecule has 0 aliphatic carbocycles. The topological polar surface area (TPSA) is 20.2 Å². The fraction of sp³-hybridized carbons (Fsp3) is 1.00. The summed E-state index contributed by atoms with van der Waals surface area (Å²) in [5.41, 5.74) is 0. The van der Waals surface area contributed by atoms with Gasteiger partial charge in [-0.3, -0.25) is 0 Å². The fourth-order valence-electron chi connectivity index (χ4n) is 0. The van der Waals surface area contributed by atoms with Gasteiger partial charge < -0.3 is 5.11 Å². The zero-order chi connectivity index (χ0) is 8.12. The Labute approximate surface area is 92.1 Å². The monoisotopic (exact) mass is 220 g/mol. The summed E-state index contributed by atoms with van der Waals surface area (Å²) >= 11 is 0. The summed E-state index contributed by atoms with van der Waals surface area (Å²) in [6, 6.07) is 0. The Morgan fingerprint density at radius 1 is 1.00 bits per heavy atom. The third-order valence-electron chi connectivity index (χ3n) is 0.500. The second kappa shape index (κ2) is 49.5. The van der Waals surface area contributed by atoms with Crippen LogP contribution in [0.3, 0.4) is 0 Å². The van der Waals surface area contributed by atoms with Gasteiger partial charge in [-0.05, 0) is 0 Å². The average molecular weight is 220 g/mol. The van der Waals surface area contributed by atoms with Gasteiger partial charge in [-0.15, -0.1) is 0 Å². The standard InChI is InChI=1S/C4H10.C2H6B.CH4O.Y/c1-3-4-2;1-3-2;1-2;/h3-4H2,1-2H3;1-2H3;2H,1H3;. The van der Waals surface area contributed by atoms with E-state index >= 15 is 0 Å². The van der Waals surface area contributed by atoms with Crippen LogP contribution in [0.5, 0.6) is 0 Å². The van der Waals surface area contributed by atoms with Crippen molar-refractivity contribution in [3.05, 3.63) is 0 Å². The first kappa shape index (κ1) is 22.5. The van der Waals surface area contributed by atoms with Crippen molar-refractivity contribution < 1.29 is 37.8 Å². The first-order valence-electron chi connectivity index (χ1n) is 3.52. The maximum Gasteiger partial charge on any atom is 0.102 e. The van der Waals surface area contributed by atoms with E-state index in [0.717, 1.165) is 7.11 Å². The summed E-state index contributed by atoms with van der Waals surface area (Å²) in [7, 11) is 3.00. The zero-order valence-corrected chi connectivity index (χ0v) is 10.9. The molecule has 0 heterocycles. The summed E-state index contributed by atoms with van der Waals surface area (Å²) in [6.07, 6.45) is 2.64. The molecule has 0 fully saturated rings. The predicted molar refractivity (Wildman–Crippen MR) is 46.2 cm³/mol. The minimum absolute atomic E-state index is 0. The maximum atomic E-state index is 7.00. The second-order valence-electron chi connectivity index (χ2n) is 1.58. The van der Waals surface area contributed by atoms with E-state index in [0.29, 0.717) is 0 Å². The van der Waals surface area contributed by atoms with Gasteiger partial charge in [0.15, 0.2) is 0 Å². The van der Waals surface area contributed by atoms with Gasteiger partial charge in [0.25, 0.3) is 0 Å². The van der Waals surface area contributed by atoms with Crippen molar-refractivity contribution in [3.63, 3.8) is 0 Å². The zero-order valence-electron chi connectivity index (χ0n) is 8.02. The molecule has 0 bridgehead atoms. The summed E-state index contributed by atoms with van der Waals surface area (Å²) in [6.45, 7) is 8.36. The molecule has 0 aromatic carbocycles. The van der Waals surface area contributed by atoms with E-state index in [2.05, 4.69) is 13.8 Å². The van der Waals surface area contributed by atoms with E-state index < -0.39 is 0 Å². The Morgan fingerprint density at radius 2 is 1.10 bits per heavy atom. The molecule has 0 amide bonds. The first-order valence-corrected chi connectivity index (χ1v) is 3.52. The quantitative estimate of drug-likeness (QED) is 0.671. The molecule has 0 atom stereocenters. The molecule has 3 heteroatoms. The van der Waals surface area contributed by atoms with E-state index in [4.69, 9.17) is 5.11 Å². The number of rotatable bonds is 1. The minimum Gasteiger partial charge on any atom is -0.400 e. The molecule has 0 aliphatic rings. The summed E-state index contributed by atoms with van der Waals surface area (Å²) in [5, 5.41) is 7.00. The van der Waals surface area contributed by atoms with Gasteiger partial charge in [0, 0.05) is 39.8 Å². The summed E-state index contributed by atoms with van der Waals surface area (Å²) < 4.78 is 0. The minimum atomic E-state index is 0. The Kier molecular flexibility index (Phi) is 111. The van der Waals surface area contributed by atoms with Crippen LogP contribution in [0.25, 0.3) is 0 Å². The van der Waals surface area contributed by atoms with Gasteiger partial charge >= 0.3 is 0 Å². The number of hydrogen-bond donors (Lipinski definition) is 1. The van der Waals surface area contributed by atoms with Gasteiger partial charge in [0.1, 0.15) is 7.28 Å². The second-order valence-corrected chi connectivity index (χ2v) is 1.58. The van der Waals surface area contributed by atoms with Crippen molar-refractivity contribution in [2.45, 2.75) is 40.3 Å². The molecule has 0 aromatic rings. The maximum absolute atomic E-state index is 7.00. The van der Waals surface area contributed by atoms with Crippen LogP contribution in [0.4, 0.5) is 0 Å². The van der Waals surface area contributed by atoms with Crippen molar-refractivity contribution in [1.29, 1.82) is 0 Å². The van der Waals surface area contributed by atoms with Crippen molar-refractivity contribution >= 4 is 7.28 Å². The van der Waals surface area contributed by atoms with Crippen molar-refractivity contribution in [3.8, 4) is 0 Å². The molecule has 0 saturated heterocycles. The number of aliphatic hydroxyl groups excluding tert-OH is 1. The molecule has 10 heavy (non-hydrogen) atoms. The van der Waals surface area contributed by atoms with Gasteiger partial charge in [0.2, 0.25) is 0 Å². The molecule has 1 nitrogen and oxygen atoms in total. The van der Waals surface area contributed by atoms with E-state index in [1.54, 1.807) is 0 Å². The largest absolute Gasteiger partial charge is 0.400 e. The molecular weight excluding hydrogens is 200 g/mol. The average Bonchev–Trinajstić information content (AvgIpc) is 1.94. The molecule has 2 radical (unpaired) electrons. The molecule has 1 N–H and O–H groups in total. The van der Waals surface area contributed by atoms with E-state index in [1.165, 1.54) is 12.8 Å². The van der Waals surface area contributed by atoms with Crippen LogP contribution in [0.2, 0.25) is 13.6 Å². The SMILES string of the molecule is CCCC.CO.C[B]C.[Y]. The third kappa shape index (κ3) is 133.